The van der Waals surface area contributed by atoms with Crippen LogP contribution in [0, 0.1) is 0 Å². The van der Waals surface area contributed by atoms with Crippen molar-refractivity contribution in [3.8, 4) is 0 Å². The molecule has 2 atom stereocenters. The first-order valence-electron chi connectivity index (χ1n) is 8.62. The fourth-order valence-corrected chi connectivity index (χ4v) is 3.02. The van der Waals surface area contributed by atoms with Crippen molar-refractivity contribution in [2.75, 3.05) is 18.1 Å². The third-order valence-corrected chi connectivity index (χ3v) is 4.64. The summed E-state index contributed by atoms with van der Waals surface area (Å²) in [4.78, 5) is 45.2. The molecule has 0 bridgehead atoms. The highest BCUT2D eigenvalue weighted by molar-refractivity contribution is 7.99. The van der Waals surface area contributed by atoms with E-state index in [0.717, 1.165) is 31.4 Å². The van der Waals surface area contributed by atoms with Gasteiger partial charge in [0.1, 0.15) is 18.6 Å². The highest BCUT2D eigenvalue weighted by Gasteiger charge is 2.22. The van der Waals surface area contributed by atoms with Crippen molar-refractivity contribution in [2.45, 2.75) is 57.5 Å². The van der Waals surface area contributed by atoms with E-state index >= 15 is 0 Å². The Kier molecular flexibility index (Phi) is 13.4. The lowest BCUT2D eigenvalue weighted by Gasteiger charge is -2.18. The Morgan fingerprint density at radius 3 is 2.38 bits per heavy atom. The third-order valence-electron chi connectivity index (χ3n) is 3.49. The van der Waals surface area contributed by atoms with E-state index in [1.54, 1.807) is 0 Å². The molecule has 26 heavy (non-hydrogen) atoms. The highest BCUT2D eigenvalue weighted by Crippen LogP contribution is 2.10. The van der Waals surface area contributed by atoms with Crippen LogP contribution in [0.2, 0.25) is 0 Å². The van der Waals surface area contributed by atoms with Gasteiger partial charge in [0.15, 0.2) is 0 Å². The summed E-state index contributed by atoms with van der Waals surface area (Å²) in [6.45, 7) is 1.58. The van der Waals surface area contributed by atoms with Crippen molar-refractivity contribution in [3.05, 3.63) is 0 Å². The first-order valence-corrected chi connectivity index (χ1v) is 9.78. The number of amides is 2. The number of thioether (sulfide) groups is 1. The zero-order valence-corrected chi connectivity index (χ0v) is 15.8. The Morgan fingerprint density at radius 2 is 1.81 bits per heavy atom. The molecule has 0 radical (unpaired) electrons. The number of carbonyl (C=O) groups excluding carboxylic acids is 2. The monoisotopic (exact) mass is 391 g/mol. The molecule has 0 heterocycles. The number of hydrogen-bond acceptors (Lipinski definition) is 6. The molecule has 9 nitrogen and oxygen atoms in total. The van der Waals surface area contributed by atoms with Crippen molar-refractivity contribution in [1.82, 2.24) is 10.6 Å². The maximum Gasteiger partial charge on any atom is 0.322 e. The minimum absolute atomic E-state index is 0.0468. The lowest BCUT2D eigenvalue weighted by atomic mass is 10.1. The van der Waals surface area contributed by atoms with Crippen molar-refractivity contribution in [2.24, 2.45) is 5.73 Å². The molecule has 0 spiro atoms. The molecule has 150 valence electrons. The molecule has 0 aromatic heterocycles. The van der Waals surface area contributed by atoms with Crippen molar-refractivity contribution >= 4 is 35.5 Å². The lowest BCUT2D eigenvalue weighted by Crippen LogP contribution is -2.49. The average molecular weight is 391 g/mol. The number of unbranched alkanes of at least 4 members (excludes halogenated alkanes) is 3. The van der Waals surface area contributed by atoms with Gasteiger partial charge >= 0.3 is 11.9 Å². The SMILES string of the molecule is CCCCCCSC[C@@H](NC(=O)CC[C@@H](N)C(=O)O)C(=O)NCC(=O)O. The molecule has 0 aromatic carbocycles. The van der Waals surface area contributed by atoms with E-state index in [1.165, 1.54) is 11.8 Å². The van der Waals surface area contributed by atoms with Crippen molar-refractivity contribution < 1.29 is 29.4 Å². The topological polar surface area (TPSA) is 159 Å². The number of hydrogen-bond donors (Lipinski definition) is 5. The smallest absolute Gasteiger partial charge is 0.322 e. The summed E-state index contributed by atoms with van der Waals surface area (Å²) in [7, 11) is 0. The molecule has 0 saturated heterocycles. The fourth-order valence-electron chi connectivity index (χ4n) is 1.98. The van der Waals surface area contributed by atoms with Gasteiger partial charge in [0.25, 0.3) is 0 Å². The zero-order chi connectivity index (χ0) is 19.9. The van der Waals surface area contributed by atoms with Crippen LogP contribution >= 0.6 is 11.8 Å². The van der Waals surface area contributed by atoms with Gasteiger partial charge in [-0.15, -0.1) is 0 Å². The Balaban J connectivity index is 4.46. The van der Waals surface area contributed by atoms with Crippen LogP contribution in [0.4, 0.5) is 0 Å². The Morgan fingerprint density at radius 1 is 1.12 bits per heavy atom. The number of nitrogens with two attached hydrogens (primary N) is 1. The Labute approximate surface area is 157 Å². The van der Waals surface area contributed by atoms with Gasteiger partial charge < -0.3 is 26.6 Å². The van der Waals surface area contributed by atoms with E-state index in [-0.39, 0.29) is 12.8 Å². The number of carboxylic acid groups (broad SMARTS) is 2. The molecule has 0 aliphatic heterocycles. The number of rotatable bonds is 15. The maximum atomic E-state index is 12.1. The first-order chi connectivity index (χ1) is 12.3. The van der Waals surface area contributed by atoms with Crippen molar-refractivity contribution in [1.29, 1.82) is 0 Å². The van der Waals surface area contributed by atoms with Crippen LogP contribution < -0.4 is 16.4 Å². The van der Waals surface area contributed by atoms with Gasteiger partial charge in [0.05, 0.1) is 0 Å². The van der Waals surface area contributed by atoms with Crippen LogP contribution in [0.1, 0.15) is 45.4 Å². The van der Waals surface area contributed by atoms with Crippen LogP contribution in [0.25, 0.3) is 0 Å². The van der Waals surface area contributed by atoms with E-state index in [1.807, 2.05) is 0 Å². The summed E-state index contributed by atoms with van der Waals surface area (Å²) in [5.41, 5.74) is 5.35. The number of carboxylic acids is 2. The number of nitrogens with one attached hydrogen (secondary N) is 2. The second-order valence-electron chi connectivity index (χ2n) is 5.85. The van der Waals surface area contributed by atoms with Crippen LogP contribution in [0.3, 0.4) is 0 Å². The molecule has 10 heteroatoms. The van der Waals surface area contributed by atoms with Gasteiger partial charge in [0.2, 0.25) is 11.8 Å². The minimum Gasteiger partial charge on any atom is -0.480 e. The summed E-state index contributed by atoms with van der Waals surface area (Å²) in [5.74, 6) is -2.30. The molecule has 0 saturated carbocycles. The predicted molar refractivity (Wildman–Crippen MR) is 98.9 cm³/mol. The summed E-state index contributed by atoms with van der Waals surface area (Å²) in [6, 6.07) is -2.02. The molecular formula is C16H29N3O6S. The summed E-state index contributed by atoms with van der Waals surface area (Å²) >= 11 is 1.50. The second-order valence-corrected chi connectivity index (χ2v) is 7.00. The molecule has 0 aliphatic rings. The van der Waals surface area contributed by atoms with E-state index < -0.39 is 42.4 Å². The van der Waals surface area contributed by atoms with E-state index in [0.29, 0.717) is 5.75 Å². The summed E-state index contributed by atoms with van der Waals surface area (Å²) in [5, 5.41) is 22.1. The molecule has 6 N–H and O–H groups in total. The van der Waals surface area contributed by atoms with Gasteiger partial charge in [-0.3, -0.25) is 19.2 Å². The molecule has 0 unspecified atom stereocenters. The Hall–Kier alpha value is -1.81. The quantitative estimate of drug-likeness (QED) is 0.247. The first kappa shape index (κ1) is 24.2. The largest absolute Gasteiger partial charge is 0.480 e. The summed E-state index contributed by atoms with van der Waals surface area (Å²) < 4.78 is 0. The van der Waals surface area contributed by atoms with Crippen molar-refractivity contribution in [3.63, 3.8) is 0 Å². The third kappa shape index (κ3) is 12.5. The van der Waals surface area contributed by atoms with E-state index in [4.69, 9.17) is 15.9 Å². The minimum atomic E-state index is -1.20. The average Bonchev–Trinajstić information content (AvgIpc) is 2.59. The molecule has 0 aromatic rings. The van der Waals surface area contributed by atoms with Crippen LogP contribution in [-0.2, 0) is 19.2 Å². The molecule has 2 amide bonds. The lowest BCUT2D eigenvalue weighted by molar-refractivity contribution is -0.139. The maximum absolute atomic E-state index is 12.1. The van der Waals surface area contributed by atoms with Crippen LogP contribution in [0.15, 0.2) is 0 Å². The standard InChI is InChI=1S/C16H29N3O6S/c1-2-3-4-5-8-26-10-12(15(23)18-9-14(21)22)19-13(20)7-6-11(17)16(24)25/h11-12H,2-10,17H2,1H3,(H,18,23)(H,19,20)(H,21,22)(H,24,25)/t11-,12-/m1/s1. The number of aliphatic carboxylic acids is 2. The van der Waals surface area contributed by atoms with E-state index in [9.17, 15) is 19.2 Å². The summed E-state index contributed by atoms with van der Waals surface area (Å²) in [6.07, 6.45) is 4.19. The molecule has 0 fully saturated rings. The van der Waals surface area contributed by atoms with Gasteiger partial charge in [-0.05, 0) is 18.6 Å². The fraction of sp³-hybridized carbons (Fsp3) is 0.750. The molecule has 0 rings (SSSR count). The normalized spacial score (nSPS) is 12.8. The van der Waals surface area contributed by atoms with Crippen LogP contribution in [-0.4, -0.2) is 64.1 Å². The molecule has 0 aliphatic carbocycles. The Bertz CT molecular complexity index is 475. The van der Waals surface area contributed by atoms with Crippen LogP contribution in [0.5, 0.6) is 0 Å². The van der Waals surface area contributed by atoms with Gasteiger partial charge in [-0.2, -0.15) is 11.8 Å². The van der Waals surface area contributed by atoms with Gasteiger partial charge in [0, 0.05) is 12.2 Å². The van der Waals surface area contributed by atoms with Gasteiger partial charge in [-0.1, -0.05) is 26.2 Å². The zero-order valence-electron chi connectivity index (χ0n) is 15.0. The van der Waals surface area contributed by atoms with Gasteiger partial charge in [-0.25, -0.2) is 0 Å². The second kappa shape index (κ2) is 14.4. The predicted octanol–water partition coefficient (Wildman–Crippen LogP) is 0.178. The molecular weight excluding hydrogens is 362 g/mol. The highest BCUT2D eigenvalue weighted by atomic mass is 32.2. The van der Waals surface area contributed by atoms with E-state index in [2.05, 4.69) is 17.6 Å². The number of carbonyl (C=O) groups is 4.